The molecule has 40 heavy (non-hydrogen) atoms. The molecule has 1 atom stereocenters. The number of methoxy groups -OCH3 is 1. The molecule has 1 unspecified atom stereocenters. The number of fused-ring (bicyclic) bond motifs is 1. The number of anilines is 1. The molecule has 0 saturated heterocycles. The molecule has 202 valence electrons. The van der Waals surface area contributed by atoms with Gasteiger partial charge >= 0.3 is 0 Å². The molecule has 4 heterocycles. The first-order chi connectivity index (χ1) is 19.6. The van der Waals surface area contributed by atoms with E-state index in [2.05, 4.69) is 16.8 Å². The van der Waals surface area contributed by atoms with Gasteiger partial charge in [0.05, 0.1) is 42.3 Å². The Labute approximate surface area is 239 Å². The van der Waals surface area contributed by atoms with Crippen LogP contribution in [-0.2, 0) is 16.1 Å². The molecule has 0 radical (unpaired) electrons. The topological polar surface area (TPSA) is 89.6 Å². The number of rotatable bonds is 8. The van der Waals surface area contributed by atoms with Gasteiger partial charge in [0.2, 0.25) is 11.8 Å². The summed E-state index contributed by atoms with van der Waals surface area (Å²) in [6.45, 7) is 0.0829. The van der Waals surface area contributed by atoms with Crippen LogP contribution in [0.15, 0.2) is 94.2 Å². The minimum absolute atomic E-state index is 0.149. The Bertz CT molecular complexity index is 1600. The monoisotopic (exact) mass is 570 g/mol. The van der Waals surface area contributed by atoms with Crippen LogP contribution >= 0.6 is 23.1 Å². The molecule has 1 N–H and O–H groups in total. The van der Waals surface area contributed by atoms with Crippen molar-refractivity contribution in [1.82, 2.24) is 15.1 Å². The molecule has 8 nitrogen and oxygen atoms in total. The van der Waals surface area contributed by atoms with Crippen LogP contribution in [0.1, 0.15) is 22.1 Å². The van der Waals surface area contributed by atoms with Gasteiger partial charge in [-0.3, -0.25) is 14.5 Å². The van der Waals surface area contributed by atoms with Crippen LogP contribution in [0, 0.1) is 0 Å². The third-order valence-electron chi connectivity index (χ3n) is 6.64. The number of carbonyl (C=O) groups is 2. The van der Waals surface area contributed by atoms with Gasteiger partial charge in [0.15, 0.2) is 0 Å². The zero-order valence-corrected chi connectivity index (χ0v) is 23.3. The lowest BCUT2D eigenvalue weighted by atomic mass is 10.0. The van der Waals surface area contributed by atoms with Crippen molar-refractivity contribution in [3.63, 3.8) is 0 Å². The number of hydrogen-bond acceptors (Lipinski definition) is 7. The van der Waals surface area contributed by atoms with E-state index in [0.29, 0.717) is 17.3 Å². The maximum Gasteiger partial charge on any atom is 0.240 e. The summed E-state index contributed by atoms with van der Waals surface area (Å²) < 4.78 is 12.5. The van der Waals surface area contributed by atoms with Gasteiger partial charge in [-0.25, -0.2) is 4.68 Å². The van der Waals surface area contributed by atoms with Gasteiger partial charge < -0.3 is 14.5 Å². The van der Waals surface area contributed by atoms with Crippen LogP contribution in [-0.4, -0.2) is 41.0 Å². The number of amides is 2. The van der Waals surface area contributed by atoms with Crippen molar-refractivity contribution in [3.05, 3.63) is 107 Å². The van der Waals surface area contributed by atoms with Crippen LogP contribution < -0.4 is 15.0 Å². The van der Waals surface area contributed by atoms with E-state index in [1.165, 1.54) is 0 Å². The average Bonchev–Trinajstić information content (AvgIpc) is 3.77. The number of carbonyl (C=O) groups excluding carboxylic acids is 2. The Kier molecular flexibility index (Phi) is 7.43. The molecular formula is C30H26N4O4S2. The number of furan rings is 1. The van der Waals surface area contributed by atoms with E-state index in [-0.39, 0.29) is 35.9 Å². The van der Waals surface area contributed by atoms with E-state index in [1.807, 2.05) is 60.0 Å². The summed E-state index contributed by atoms with van der Waals surface area (Å²) in [6, 6.07) is 23.1. The number of benzene rings is 2. The fraction of sp³-hybridized carbons (Fsp3) is 0.167. The lowest BCUT2D eigenvalue weighted by molar-refractivity contribution is -0.123. The molecule has 10 heteroatoms. The third-order valence-corrected chi connectivity index (χ3v) is 8.60. The number of nitrogens with one attached hydrogen (secondary N) is 1. The molecule has 6 rings (SSSR count). The molecule has 5 aromatic rings. The highest BCUT2D eigenvalue weighted by Gasteiger charge is 2.37. The molecule has 1 aliphatic heterocycles. The van der Waals surface area contributed by atoms with Crippen LogP contribution in [0.4, 0.5) is 5.82 Å². The number of thioether (sulfide) groups is 1. The van der Waals surface area contributed by atoms with Gasteiger partial charge in [0, 0.05) is 11.1 Å². The number of ether oxygens (including phenoxy) is 1. The van der Waals surface area contributed by atoms with Crippen LogP contribution in [0.25, 0.3) is 16.9 Å². The normalized spacial score (nSPS) is 15.0. The fourth-order valence-electron chi connectivity index (χ4n) is 4.72. The predicted molar refractivity (Wildman–Crippen MR) is 157 cm³/mol. The molecule has 3 aromatic heterocycles. The SMILES string of the molecule is COc1ccc(-n2nc(-c3ccccc3)c3c2N(CC(=O)NCc2ccco2)C(=O)CSC3c2ccsc2)cc1. The first-order valence-corrected chi connectivity index (χ1v) is 14.7. The van der Waals surface area contributed by atoms with E-state index >= 15 is 0 Å². The number of nitrogens with zero attached hydrogens (tertiary/aromatic N) is 3. The Morgan fingerprint density at radius 2 is 1.93 bits per heavy atom. The van der Waals surface area contributed by atoms with Crippen molar-refractivity contribution in [2.24, 2.45) is 0 Å². The van der Waals surface area contributed by atoms with Crippen molar-refractivity contribution in [3.8, 4) is 22.7 Å². The third kappa shape index (κ3) is 5.15. The fourth-order valence-corrected chi connectivity index (χ4v) is 6.68. The summed E-state index contributed by atoms with van der Waals surface area (Å²) in [6.07, 6.45) is 1.56. The molecule has 0 fully saturated rings. The molecule has 1 aliphatic rings. The Morgan fingerprint density at radius 1 is 1.10 bits per heavy atom. The highest BCUT2D eigenvalue weighted by Crippen LogP contribution is 2.48. The van der Waals surface area contributed by atoms with E-state index in [4.69, 9.17) is 14.3 Å². The summed E-state index contributed by atoms with van der Waals surface area (Å²) >= 11 is 3.17. The van der Waals surface area contributed by atoms with Crippen LogP contribution in [0.5, 0.6) is 5.75 Å². The van der Waals surface area contributed by atoms with Gasteiger partial charge in [0.25, 0.3) is 0 Å². The second-order valence-corrected chi connectivity index (χ2v) is 11.0. The number of aromatic nitrogens is 2. The van der Waals surface area contributed by atoms with E-state index in [0.717, 1.165) is 28.1 Å². The highest BCUT2D eigenvalue weighted by atomic mass is 32.2. The van der Waals surface area contributed by atoms with Crippen molar-refractivity contribution in [1.29, 1.82) is 0 Å². The smallest absolute Gasteiger partial charge is 0.240 e. The standard InChI is InChI=1S/C30H26N4O4S2/c1-37-23-11-9-22(10-12-23)34-30-27(28(32-34)20-6-3-2-4-7-20)29(21-13-15-39-18-21)40-19-26(36)33(30)17-25(35)31-16-24-8-5-14-38-24/h2-15,18,29H,16-17,19H2,1H3,(H,31,35). The molecular weight excluding hydrogens is 544 g/mol. The minimum Gasteiger partial charge on any atom is -0.497 e. The van der Waals surface area contributed by atoms with Crippen molar-refractivity contribution in [2.75, 3.05) is 24.3 Å². The lowest BCUT2D eigenvalue weighted by Gasteiger charge is -2.23. The quantitative estimate of drug-likeness (QED) is 0.258. The summed E-state index contributed by atoms with van der Waals surface area (Å²) in [5.74, 6) is 1.70. The Hall–Kier alpha value is -4.28. The predicted octanol–water partition coefficient (Wildman–Crippen LogP) is 5.69. The van der Waals surface area contributed by atoms with Gasteiger partial charge in [-0.05, 0) is 58.8 Å². The van der Waals surface area contributed by atoms with E-state index < -0.39 is 0 Å². The minimum atomic E-state index is -0.293. The molecule has 0 saturated carbocycles. The molecule has 2 amide bonds. The summed E-state index contributed by atoms with van der Waals surface area (Å²) in [5.41, 5.74) is 4.45. The van der Waals surface area contributed by atoms with Crippen LogP contribution in [0.2, 0.25) is 0 Å². The summed E-state index contributed by atoms with van der Waals surface area (Å²) in [7, 11) is 1.62. The number of hydrogen-bond donors (Lipinski definition) is 1. The van der Waals surface area contributed by atoms with Crippen LogP contribution in [0.3, 0.4) is 0 Å². The second kappa shape index (κ2) is 11.4. The van der Waals surface area contributed by atoms with Crippen molar-refractivity contribution >= 4 is 40.7 Å². The molecule has 0 bridgehead atoms. The Morgan fingerprint density at radius 3 is 2.62 bits per heavy atom. The van der Waals surface area contributed by atoms with Gasteiger partial charge in [-0.2, -0.15) is 16.4 Å². The van der Waals surface area contributed by atoms with E-state index in [9.17, 15) is 9.59 Å². The average molecular weight is 571 g/mol. The van der Waals surface area contributed by atoms with Crippen molar-refractivity contribution < 1.29 is 18.7 Å². The highest BCUT2D eigenvalue weighted by molar-refractivity contribution is 8.00. The second-order valence-electron chi connectivity index (χ2n) is 9.15. The Balaban J connectivity index is 1.51. The largest absolute Gasteiger partial charge is 0.497 e. The first kappa shape index (κ1) is 26.0. The van der Waals surface area contributed by atoms with Gasteiger partial charge in [0.1, 0.15) is 23.9 Å². The number of thiophene rings is 1. The molecule has 2 aromatic carbocycles. The summed E-state index contributed by atoms with van der Waals surface area (Å²) in [4.78, 5) is 28.5. The molecule has 0 aliphatic carbocycles. The maximum absolute atomic E-state index is 13.7. The van der Waals surface area contributed by atoms with Crippen molar-refractivity contribution in [2.45, 2.75) is 11.8 Å². The van der Waals surface area contributed by atoms with E-state index in [1.54, 1.807) is 58.2 Å². The van der Waals surface area contributed by atoms with Gasteiger partial charge in [-0.1, -0.05) is 30.3 Å². The lowest BCUT2D eigenvalue weighted by Crippen LogP contribution is -2.42. The molecule has 0 spiro atoms. The summed E-state index contributed by atoms with van der Waals surface area (Å²) in [5, 5.41) is 12.0. The maximum atomic E-state index is 13.7. The van der Waals surface area contributed by atoms with Gasteiger partial charge in [-0.15, -0.1) is 11.8 Å². The zero-order chi connectivity index (χ0) is 27.5. The first-order valence-electron chi connectivity index (χ1n) is 12.7. The zero-order valence-electron chi connectivity index (χ0n) is 21.7.